The summed E-state index contributed by atoms with van der Waals surface area (Å²) in [6.07, 6.45) is 1.57. The highest BCUT2D eigenvalue weighted by molar-refractivity contribution is 7.90. The lowest BCUT2D eigenvalue weighted by atomic mass is 9.99. The standard InChI is InChI=1S/C12H17Cl2N3O2S/c13-10-1-2-12(11(14)7-10)16-20(18,19)17-5-3-9(8-15)4-6-17/h1-2,7,9,16H,3-6,8,15H2. The van der Waals surface area contributed by atoms with Crippen LogP contribution in [0.1, 0.15) is 12.8 Å². The maximum Gasteiger partial charge on any atom is 0.301 e. The molecule has 1 aromatic rings. The maximum atomic E-state index is 12.3. The van der Waals surface area contributed by atoms with Crippen LogP contribution in [0.15, 0.2) is 18.2 Å². The van der Waals surface area contributed by atoms with Crippen LogP contribution in [-0.4, -0.2) is 32.4 Å². The molecule has 0 aromatic heterocycles. The number of benzene rings is 1. The highest BCUT2D eigenvalue weighted by Crippen LogP contribution is 2.27. The average Bonchev–Trinajstić information content (AvgIpc) is 2.42. The number of anilines is 1. The molecule has 0 spiro atoms. The Hall–Kier alpha value is -0.530. The Kier molecular flexibility index (Phi) is 5.14. The molecule has 20 heavy (non-hydrogen) atoms. The van der Waals surface area contributed by atoms with E-state index in [1.54, 1.807) is 12.1 Å². The third-order valence-electron chi connectivity index (χ3n) is 3.42. The minimum absolute atomic E-state index is 0.276. The zero-order valence-corrected chi connectivity index (χ0v) is 13.2. The van der Waals surface area contributed by atoms with Gasteiger partial charge in [-0.15, -0.1) is 0 Å². The van der Waals surface area contributed by atoms with Crippen molar-refractivity contribution >= 4 is 39.1 Å². The van der Waals surface area contributed by atoms with Crippen molar-refractivity contribution in [2.24, 2.45) is 11.7 Å². The fraction of sp³-hybridized carbons (Fsp3) is 0.500. The number of halogens is 2. The smallest absolute Gasteiger partial charge is 0.301 e. The van der Waals surface area contributed by atoms with E-state index in [-0.39, 0.29) is 5.02 Å². The van der Waals surface area contributed by atoms with Crippen LogP contribution >= 0.6 is 23.2 Å². The van der Waals surface area contributed by atoms with Gasteiger partial charge in [0.25, 0.3) is 0 Å². The molecule has 5 nitrogen and oxygen atoms in total. The topological polar surface area (TPSA) is 75.4 Å². The lowest BCUT2D eigenvalue weighted by Gasteiger charge is -2.30. The van der Waals surface area contributed by atoms with Crippen LogP contribution < -0.4 is 10.5 Å². The molecule has 0 unspecified atom stereocenters. The molecule has 0 atom stereocenters. The molecule has 0 aliphatic carbocycles. The first-order valence-corrected chi connectivity index (χ1v) is 8.55. The lowest BCUT2D eigenvalue weighted by Crippen LogP contribution is -2.42. The van der Waals surface area contributed by atoms with E-state index < -0.39 is 10.2 Å². The zero-order valence-electron chi connectivity index (χ0n) is 10.9. The van der Waals surface area contributed by atoms with E-state index in [0.29, 0.717) is 36.3 Å². The van der Waals surface area contributed by atoms with Crippen LogP contribution in [0.3, 0.4) is 0 Å². The van der Waals surface area contributed by atoms with Crippen LogP contribution in [0, 0.1) is 5.92 Å². The first-order chi connectivity index (χ1) is 9.42. The zero-order chi connectivity index (χ0) is 14.8. The second-order valence-electron chi connectivity index (χ2n) is 4.81. The molecular weight excluding hydrogens is 321 g/mol. The van der Waals surface area contributed by atoms with Gasteiger partial charge >= 0.3 is 10.2 Å². The minimum atomic E-state index is -3.59. The monoisotopic (exact) mass is 337 g/mol. The normalized spacial score (nSPS) is 18.1. The lowest BCUT2D eigenvalue weighted by molar-refractivity contribution is 0.280. The first kappa shape index (κ1) is 15.9. The predicted octanol–water partition coefficient (Wildman–Crippen LogP) is 2.32. The van der Waals surface area contributed by atoms with Crippen molar-refractivity contribution < 1.29 is 8.42 Å². The van der Waals surface area contributed by atoms with Crippen molar-refractivity contribution in [1.82, 2.24) is 4.31 Å². The molecule has 2 rings (SSSR count). The van der Waals surface area contributed by atoms with Crippen LogP contribution in [0.5, 0.6) is 0 Å². The second kappa shape index (κ2) is 6.49. The number of nitrogens with two attached hydrogens (primary N) is 1. The van der Waals surface area contributed by atoms with Gasteiger partial charge in [0.15, 0.2) is 0 Å². The Bertz CT molecular complexity index is 572. The molecule has 3 N–H and O–H groups in total. The molecule has 1 fully saturated rings. The van der Waals surface area contributed by atoms with E-state index >= 15 is 0 Å². The van der Waals surface area contributed by atoms with Gasteiger partial charge in [-0.2, -0.15) is 12.7 Å². The Morgan fingerprint density at radius 3 is 2.50 bits per heavy atom. The van der Waals surface area contributed by atoms with Crippen LogP contribution in [0.2, 0.25) is 10.0 Å². The van der Waals surface area contributed by atoms with Gasteiger partial charge in [-0.25, -0.2) is 0 Å². The van der Waals surface area contributed by atoms with Crippen molar-refractivity contribution in [1.29, 1.82) is 0 Å². The largest absolute Gasteiger partial charge is 0.330 e. The van der Waals surface area contributed by atoms with Crippen molar-refractivity contribution in [3.63, 3.8) is 0 Å². The molecular formula is C12H17Cl2N3O2S. The van der Waals surface area contributed by atoms with Gasteiger partial charge in [0.2, 0.25) is 0 Å². The average molecular weight is 338 g/mol. The van der Waals surface area contributed by atoms with Crippen molar-refractivity contribution in [3.8, 4) is 0 Å². The van der Waals surface area contributed by atoms with Gasteiger partial charge in [0.1, 0.15) is 0 Å². The number of rotatable bonds is 4. The Labute approximate surface area is 129 Å². The summed E-state index contributed by atoms with van der Waals surface area (Å²) in [6.45, 7) is 1.55. The molecule has 1 aliphatic rings. The van der Waals surface area contributed by atoms with E-state index in [1.807, 2.05) is 0 Å². The van der Waals surface area contributed by atoms with Crippen LogP contribution in [0.4, 0.5) is 5.69 Å². The third kappa shape index (κ3) is 3.77. The van der Waals surface area contributed by atoms with Gasteiger partial charge in [-0.1, -0.05) is 23.2 Å². The van der Waals surface area contributed by atoms with E-state index in [0.717, 1.165) is 12.8 Å². The molecule has 1 heterocycles. The highest BCUT2D eigenvalue weighted by atomic mass is 35.5. The highest BCUT2D eigenvalue weighted by Gasteiger charge is 2.27. The summed E-state index contributed by atoms with van der Waals surface area (Å²) in [5.74, 6) is 0.403. The number of nitrogens with one attached hydrogen (secondary N) is 1. The molecule has 1 saturated heterocycles. The summed E-state index contributed by atoms with van der Waals surface area (Å²) in [4.78, 5) is 0. The van der Waals surface area contributed by atoms with Crippen molar-refractivity contribution in [2.75, 3.05) is 24.4 Å². The Balaban J connectivity index is 2.08. The first-order valence-electron chi connectivity index (χ1n) is 6.35. The molecule has 0 bridgehead atoms. The van der Waals surface area contributed by atoms with E-state index in [9.17, 15) is 8.42 Å². The Morgan fingerprint density at radius 1 is 1.30 bits per heavy atom. The van der Waals surface area contributed by atoms with Gasteiger partial charge in [0.05, 0.1) is 10.7 Å². The van der Waals surface area contributed by atoms with Gasteiger partial charge in [-0.05, 0) is 43.5 Å². The molecule has 1 aliphatic heterocycles. The summed E-state index contributed by atoms with van der Waals surface area (Å²) < 4.78 is 28.5. The molecule has 112 valence electrons. The second-order valence-corrected chi connectivity index (χ2v) is 7.32. The van der Waals surface area contributed by atoms with Crippen LogP contribution in [0.25, 0.3) is 0 Å². The summed E-state index contributed by atoms with van der Waals surface area (Å²) in [7, 11) is -3.59. The Morgan fingerprint density at radius 2 is 1.95 bits per heavy atom. The number of nitrogens with zero attached hydrogens (tertiary/aromatic N) is 1. The molecule has 0 radical (unpaired) electrons. The minimum Gasteiger partial charge on any atom is -0.330 e. The molecule has 8 heteroatoms. The van der Waals surface area contributed by atoms with E-state index in [4.69, 9.17) is 28.9 Å². The third-order valence-corrected chi connectivity index (χ3v) is 5.49. The van der Waals surface area contributed by atoms with Gasteiger partial charge in [0, 0.05) is 18.1 Å². The maximum absolute atomic E-state index is 12.3. The number of piperidine rings is 1. The fourth-order valence-corrected chi connectivity index (χ4v) is 3.95. The summed E-state index contributed by atoms with van der Waals surface area (Å²) in [5, 5.41) is 0.736. The molecule has 1 aromatic carbocycles. The SMILES string of the molecule is NCC1CCN(S(=O)(=O)Nc2ccc(Cl)cc2Cl)CC1. The number of hydrogen-bond acceptors (Lipinski definition) is 3. The summed E-state index contributed by atoms with van der Waals surface area (Å²) in [5.41, 5.74) is 5.93. The summed E-state index contributed by atoms with van der Waals surface area (Å²) >= 11 is 11.8. The quantitative estimate of drug-likeness (QED) is 0.885. The molecule has 0 saturated carbocycles. The summed E-state index contributed by atoms with van der Waals surface area (Å²) in [6, 6.07) is 4.64. The van der Waals surface area contributed by atoms with E-state index in [2.05, 4.69) is 4.72 Å². The van der Waals surface area contributed by atoms with Gasteiger partial charge in [-0.3, -0.25) is 4.72 Å². The van der Waals surface area contributed by atoms with Crippen molar-refractivity contribution in [2.45, 2.75) is 12.8 Å². The predicted molar refractivity (Wildman–Crippen MR) is 82.4 cm³/mol. The van der Waals surface area contributed by atoms with Crippen molar-refractivity contribution in [3.05, 3.63) is 28.2 Å². The van der Waals surface area contributed by atoms with Gasteiger partial charge < -0.3 is 5.73 Å². The van der Waals surface area contributed by atoms with Crippen LogP contribution in [-0.2, 0) is 10.2 Å². The number of hydrogen-bond donors (Lipinski definition) is 2. The van der Waals surface area contributed by atoms with E-state index in [1.165, 1.54) is 10.4 Å². The molecule has 0 amide bonds. The fourth-order valence-electron chi connectivity index (χ4n) is 2.16.